The van der Waals surface area contributed by atoms with Gasteiger partial charge in [-0.2, -0.15) is 0 Å². The molecule has 0 aromatic heterocycles. The van der Waals surface area contributed by atoms with Crippen molar-refractivity contribution in [3.63, 3.8) is 0 Å². The second-order valence-corrected chi connectivity index (χ2v) is 2.48. The van der Waals surface area contributed by atoms with Crippen molar-refractivity contribution in [2.75, 3.05) is 13.2 Å². The van der Waals surface area contributed by atoms with E-state index in [1.54, 1.807) is 13.0 Å². The van der Waals surface area contributed by atoms with Gasteiger partial charge in [0.2, 0.25) is 5.90 Å². The fourth-order valence-electron chi connectivity index (χ4n) is 0.672. The average molecular weight is 181 g/mol. The first-order valence-electron chi connectivity index (χ1n) is 4.12. The smallest absolute Gasteiger partial charge is 0.211 e. The zero-order valence-corrected chi connectivity index (χ0v) is 8.12. The van der Waals surface area contributed by atoms with E-state index in [0.29, 0.717) is 0 Å². The Morgan fingerprint density at radius 3 is 2.54 bits per heavy atom. The van der Waals surface area contributed by atoms with Crippen LogP contribution in [0.1, 0.15) is 13.8 Å². The maximum absolute atomic E-state index is 9.32. The summed E-state index contributed by atoms with van der Waals surface area (Å²) in [6, 6.07) is 0. The molecule has 0 aromatic rings. The lowest BCUT2D eigenvalue weighted by Crippen LogP contribution is -1.97. The summed E-state index contributed by atoms with van der Waals surface area (Å²) in [4.78, 5) is 13.3. The van der Waals surface area contributed by atoms with Crippen LogP contribution in [-0.4, -0.2) is 25.3 Å². The minimum atomic E-state index is 0.724. The van der Waals surface area contributed by atoms with E-state index in [1.807, 2.05) is 6.92 Å². The summed E-state index contributed by atoms with van der Waals surface area (Å²) in [5, 5.41) is 0. The van der Waals surface area contributed by atoms with Crippen molar-refractivity contribution >= 4 is 12.2 Å². The molecule has 0 aliphatic carbocycles. The Kier molecular flexibility index (Phi) is 6.51. The first-order valence-corrected chi connectivity index (χ1v) is 4.12. The molecule has 0 amide bonds. The first-order chi connectivity index (χ1) is 6.22. The Labute approximate surface area is 78.8 Å². The lowest BCUT2D eigenvalue weighted by molar-refractivity contribution is -0.104. The molecule has 0 radical (unpaired) electrons. The fraction of sp³-hybridized carbons (Fsp3) is 0.400. The van der Waals surface area contributed by atoms with E-state index in [9.17, 15) is 4.79 Å². The van der Waals surface area contributed by atoms with Gasteiger partial charge in [-0.25, -0.2) is 4.99 Å². The molecule has 3 nitrogen and oxygen atoms in total. The van der Waals surface area contributed by atoms with E-state index < -0.39 is 0 Å². The summed E-state index contributed by atoms with van der Waals surface area (Å²) in [6.07, 6.45) is 3.88. The molecule has 3 heteroatoms. The molecule has 0 atom stereocenters. The van der Waals surface area contributed by atoms with Crippen LogP contribution >= 0.6 is 0 Å². The topological polar surface area (TPSA) is 38.7 Å². The second-order valence-electron chi connectivity index (χ2n) is 2.48. The van der Waals surface area contributed by atoms with E-state index in [4.69, 9.17) is 4.74 Å². The minimum Gasteiger partial charge on any atom is -0.476 e. The Balaban J connectivity index is 0.000000252. The van der Waals surface area contributed by atoms with Gasteiger partial charge in [0.15, 0.2) is 0 Å². The van der Waals surface area contributed by atoms with Crippen LogP contribution in [0, 0.1) is 0 Å². The van der Waals surface area contributed by atoms with Crippen molar-refractivity contribution in [3.8, 4) is 0 Å². The van der Waals surface area contributed by atoms with Gasteiger partial charge in [0.05, 0.1) is 6.54 Å². The van der Waals surface area contributed by atoms with Crippen LogP contribution in [0.5, 0.6) is 0 Å². The number of ether oxygens (including phenoxy) is 1. The number of aldehydes is 1. The molecule has 0 unspecified atom stereocenters. The Morgan fingerprint density at radius 2 is 2.38 bits per heavy atom. The molecule has 0 saturated heterocycles. The van der Waals surface area contributed by atoms with Crippen LogP contribution in [0.2, 0.25) is 0 Å². The second kappa shape index (κ2) is 7.28. The summed E-state index contributed by atoms with van der Waals surface area (Å²) in [7, 11) is 0. The van der Waals surface area contributed by atoms with Gasteiger partial charge in [0, 0.05) is 5.57 Å². The first kappa shape index (κ1) is 11.6. The summed E-state index contributed by atoms with van der Waals surface area (Å²) in [6.45, 7) is 8.89. The SMILES string of the molecule is C=C(C)C1=NCCO1.CC=CC=O. The Hall–Kier alpha value is -1.38. The van der Waals surface area contributed by atoms with E-state index in [-0.39, 0.29) is 0 Å². The van der Waals surface area contributed by atoms with Gasteiger partial charge >= 0.3 is 0 Å². The molecular formula is C10H15NO2. The van der Waals surface area contributed by atoms with Gasteiger partial charge in [-0.15, -0.1) is 0 Å². The summed E-state index contributed by atoms with van der Waals surface area (Å²) in [5.74, 6) is 0.727. The van der Waals surface area contributed by atoms with E-state index in [0.717, 1.165) is 30.9 Å². The van der Waals surface area contributed by atoms with Crippen LogP contribution in [-0.2, 0) is 9.53 Å². The van der Waals surface area contributed by atoms with E-state index in [2.05, 4.69) is 11.6 Å². The summed E-state index contributed by atoms with van der Waals surface area (Å²) < 4.78 is 5.06. The Bertz CT molecular complexity index is 229. The third-order valence-electron chi connectivity index (χ3n) is 1.22. The molecule has 0 N–H and O–H groups in total. The lowest BCUT2D eigenvalue weighted by Gasteiger charge is -1.95. The number of rotatable bonds is 2. The summed E-state index contributed by atoms with van der Waals surface area (Å²) >= 11 is 0. The molecule has 1 rings (SSSR count). The molecular weight excluding hydrogens is 166 g/mol. The summed E-state index contributed by atoms with van der Waals surface area (Å²) in [5.41, 5.74) is 0.919. The number of carbonyl (C=O) groups excluding carboxylic acids is 1. The van der Waals surface area contributed by atoms with Crippen molar-refractivity contribution in [1.29, 1.82) is 0 Å². The van der Waals surface area contributed by atoms with Crippen LogP contribution in [0.4, 0.5) is 0 Å². The van der Waals surface area contributed by atoms with Crippen LogP contribution < -0.4 is 0 Å². The van der Waals surface area contributed by atoms with Crippen molar-refractivity contribution in [3.05, 3.63) is 24.3 Å². The molecule has 1 aliphatic rings. The van der Waals surface area contributed by atoms with Gasteiger partial charge in [0.25, 0.3) is 0 Å². The van der Waals surface area contributed by atoms with Crippen LogP contribution in [0.15, 0.2) is 29.3 Å². The maximum Gasteiger partial charge on any atom is 0.211 e. The van der Waals surface area contributed by atoms with E-state index >= 15 is 0 Å². The molecule has 0 aromatic carbocycles. The highest BCUT2D eigenvalue weighted by atomic mass is 16.5. The van der Waals surface area contributed by atoms with Crippen molar-refractivity contribution in [2.45, 2.75) is 13.8 Å². The molecule has 1 heterocycles. The number of nitrogens with zero attached hydrogens (tertiary/aromatic N) is 1. The standard InChI is InChI=1S/C6H9NO.C4H6O/c1-5(2)6-7-3-4-8-6;1-2-3-4-5/h1,3-4H2,2H3;2-4H,1H3. The quantitative estimate of drug-likeness (QED) is 0.481. The molecule has 13 heavy (non-hydrogen) atoms. The molecule has 0 bridgehead atoms. The van der Waals surface area contributed by atoms with Crippen molar-refractivity contribution in [1.82, 2.24) is 0 Å². The average Bonchev–Trinajstić information content (AvgIpc) is 2.58. The van der Waals surface area contributed by atoms with Crippen molar-refractivity contribution < 1.29 is 9.53 Å². The largest absolute Gasteiger partial charge is 0.476 e. The third-order valence-corrected chi connectivity index (χ3v) is 1.22. The monoisotopic (exact) mass is 181 g/mol. The zero-order chi connectivity index (χ0) is 10.1. The van der Waals surface area contributed by atoms with E-state index in [1.165, 1.54) is 6.08 Å². The highest BCUT2D eigenvalue weighted by Crippen LogP contribution is 2.00. The Morgan fingerprint density at radius 1 is 1.69 bits per heavy atom. The van der Waals surface area contributed by atoms with Crippen LogP contribution in [0.3, 0.4) is 0 Å². The predicted molar refractivity (Wildman–Crippen MR) is 53.9 cm³/mol. The number of allylic oxidation sites excluding steroid dienone is 2. The normalized spacial score (nSPS) is 14.2. The van der Waals surface area contributed by atoms with Gasteiger partial charge in [-0.3, -0.25) is 4.79 Å². The lowest BCUT2D eigenvalue weighted by atomic mass is 10.4. The molecule has 0 spiro atoms. The fourth-order valence-corrected chi connectivity index (χ4v) is 0.672. The molecule has 0 saturated carbocycles. The van der Waals surface area contributed by atoms with Gasteiger partial charge in [0.1, 0.15) is 12.9 Å². The van der Waals surface area contributed by atoms with Gasteiger partial charge in [-0.05, 0) is 19.9 Å². The zero-order valence-electron chi connectivity index (χ0n) is 8.12. The number of carbonyl (C=O) groups is 1. The molecule has 1 aliphatic heterocycles. The number of aliphatic imine (C=N–C) groups is 1. The predicted octanol–water partition coefficient (Wildman–Crippen LogP) is 1.75. The minimum absolute atomic E-state index is 0.724. The highest BCUT2D eigenvalue weighted by Gasteiger charge is 2.05. The maximum atomic E-state index is 9.32. The molecule has 72 valence electrons. The van der Waals surface area contributed by atoms with Crippen LogP contribution in [0.25, 0.3) is 0 Å². The van der Waals surface area contributed by atoms with Gasteiger partial charge < -0.3 is 4.74 Å². The highest BCUT2D eigenvalue weighted by molar-refractivity contribution is 5.93. The van der Waals surface area contributed by atoms with Gasteiger partial charge in [-0.1, -0.05) is 12.7 Å². The third kappa shape index (κ3) is 5.84. The number of hydrogen-bond donors (Lipinski definition) is 0. The molecule has 0 fully saturated rings. The number of hydrogen-bond acceptors (Lipinski definition) is 3. The van der Waals surface area contributed by atoms with Crippen molar-refractivity contribution in [2.24, 2.45) is 4.99 Å².